The number of hydrogen-bond acceptors (Lipinski definition) is 3. The Morgan fingerprint density at radius 3 is 1.90 bits per heavy atom. The van der Waals surface area contributed by atoms with Gasteiger partial charge in [-0.3, -0.25) is 0 Å². The zero-order valence-corrected chi connectivity index (χ0v) is 17.8. The lowest BCUT2D eigenvalue weighted by atomic mass is 9.86. The number of aromatic nitrogens is 3. The molecule has 0 bridgehead atoms. The number of phenolic OH excluding ortho intramolecular Hbond substituents is 1. The van der Waals surface area contributed by atoms with Gasteiger partial charge in [0.2, 0.25) is 0 Å². The van der Waals surface area contributed by atoms with Crippen molar-refractivity contribution < 1.29 is 5.11 Å². The normalized spacial score (nSPS) is 11.4. The average molecular weight is 398 g/mol. The summed E-state index contributed by atoms with van der Waals surface area (Å²) in [5.41, 5.74) is 7.86. The smallest absolute Gasteiger partial charge is 0.132 e. The highest BCUT2D eigenvalue weighted by molar-refractivity contribution is 5.88. The Kier molecular flexibility index (Phi) is 5.40. The summed E-state index contributed by atoms with van der Waals surface area (Å²) in [6, 6.07) is 20.8. The van der Waals surface area contributed by atoms with E-state index < -0.39 is 0 Å². The van der Waals surface area contributed by atoms with Gasteiger partial charge in [0.15, 0.2) is 0 Å². The first kappa shape index (κ1) is 19.9. The van der Waals surface area contributed by atoms with Gasteiger partial charge >= 0.3 is 0 Å². The highest BCUT2D eigenvalue weighted by Crippen LogP contribution is 2.44. The first-order valence-corrected chi connectivity index (χ1v) is 10.4. The molecule has 0 spiro atoms. The van der Waals surface area contributed by atoms with Crippen molar-refractivity contribution in [3.63, 3.8) is 0 Å². The van der Waals surface area contributed by atoms with E-state index in [0.717, 1.165) is 16.7 Å². The van der Waals surface area contributed by atoms with Gasteiger partial charge in [-0.05, 0) is 51.8 Å². The molecule has 4 heteroatoms. The summed E-state index contributed by atoms with van der Waals surface area (Å²) in [6.07, 6.45) is 1.64. The molecule has 0 saturated heterocycles. The predicted molar refractivity (Wildman–Crippen MR) is 123 cm³/mol. The molecule has 0 fully saturated rings. The van der Waals surface area contributed by atoms with Crippen molar-refractivity contribution in [3.8, 4) is 39.3 Å². The van der Waals surface area contributed by atoms with E-state index >= 15 is 0 Å². The molecule has 1 aromatic heterocycles. The standard InChI is InChI=1S/C26H27N3O/c1-16(2)19-9-5-7-11-21(19)18-13-23(22-12-8-6-10-20(22)17(3)4)26(30)24(14-18)25-15-27-29-28-25/h5-17,30H,1-4H3,(H,27,28,29). The summed E-state index contributed by atoms with van der Waals surface area (Å²) in [4.78, 5) is 0. The number of hydrogen-bond donors (Lipinski definition) is 2. The van der Waals surface area contributed by atoms with Crippen LogP contribution in [0.25, 0.3) is 33.5 Å². The lowest BCUT2D eigenvalue weighted by Crippen LogP contribution is -1.96. The van der Waals surface area contributed by atoms with Crippen molar-refractivity contribution >= 4 is 0 Å². The monoisotopic (exact) mass is 397 g/mol. The molecule has 2 N–H and O–H groups in total. The van der Waals surface area contributed by atoms with Crippen LogP contribution in [0.4, 0.5) is 0 Å². The maximum Gasteiger partial charge on any atom is 0.132 e. The fourth-order valence-corrected chi connectivity index (χ4v) is 4.03. The van der Waals surface area contributed by atoms with Crippen LogP contribution in [-0.2, 0) is 0 Å². The largest absolute Gasteiger partial charge is 0.507 e. The third kappa shape index (κ3) is 3.61. The summed E-state index contributed by atoms with van der Waals surface area (Å²) in [5, 5.41) is 22.1. The number of aromatic amines is 1. The molecule has 0 saturated carbocycles. The number of nitrogens with zero attached hydrogens (tertiary/aromatic N) is 2. The van der Waals surface area contributed by atoms with Gasteiger partial charge in [-0.2, -0.15) is 15.4 Å². The minimum absolute atomic E-state index is 0.225. The number of aromatic hydroxyl groups is 1. The second-order valence-electron chi connectivity index (χ2n) is 8.26. The van der Waals surface area contributed by atoms with Crippen molar-refractivity contribution in [2.24, 2.45) is 0 Å². The van der Waals surface area contributed by atoms with Gasteiger partial charge in [0, 0.05) is 11.1 Å². The van der Waals surface area contributed by atoms with Crippen LogP contribution in [-0.4, -0.2) is 20.5 Å². The van der Waals surface area contributed by atoms with Crippen LogP contribution in [0, 0.1) is 0 Å². The van der Waals surface area contributed by atoms with E-state index in [-0.39, 0.29) is 5.75 Å². The van der Waals surface area contributed by atoms with Crippen LogP contribution in [0.1, 0.15) is 50.7 Å². The second kappa shape index (κ2) is 8.15. The van der Waals surface area contributed by atoms with Crippen LogP contribution in [0.15, 0.2) is 66.9 Å². The summed E-state index contributed by atoms with van der Waals surface area (Å²) in [7, 11) is 0. The maximum absolute atomic E-state index is 11.3. The summed E-state index contributed by atoms with van der Waals surface area (Å²) < 4.78 is 0. The Bertz CT molecular complexity index is 1160. The fourth-order valence-electron chi connectivity index (χ4n) is 4.03. The van der Waals surface area contributed by atoms with E-state index in [9.17, 15) is 5.11 Å². The molecule has 0 unspecified atom stereocenters. The Balaban J connectivity index is 2.03. The van der Waals surface area contributed by atoms with Crippen LogP contribution >= 0.6 is 0 Å². The molecule has 0 radical (unpaired) electrons. The molecule has 0 aliphatic rings. The van der Waals surface area contributed by atoms with Crippen molar-refractivity contribution in [3.05, 3.63) is 78.0 Å². The Morgan fingerprint density at radius 2 is 1.30 bits per heavy atom. The number of phenols is 1. The summed E-state index contributed by atoms with van der Waals surface area (Å²) in [6.45, 7) is 8.75. The third-order valence-corrected chi connectivity index (χ3v) is 5.57. The molecule has 0 aliphatic heterocycles. The molecule has 4 aromatic rings. The van der Waals surface area contributed by atoms with Gasteiger partial charge < -0.3 is 5.11 Å². The topological polar surface area (TPSA) is 61.8 Å². The molecule has 3 aromatic carbocycles. The summed E-state index contributed by atoms with van der Waals surface area (Å²) in [5.74, 6) is 0.947. The molecule has 0 amide bonds. The first-order valence-electron chi connectivity index (χ1n) is 10.4. The summed E-state index contributed by atoms with van der Waals surface area (Å²) >= 11 is 0. The van der Waals surface area contributed by atoms with Gasteiger partial charge in [-0.15, -0.1) is 0 Å². The predicted octanol–water partition coefficient (Wildman–Crippen LogP) is 6.76. The Hall–Kier alpha value is -3.40. The van der Waals surface area contributed by atoms with Gasteiger partial charge in [0.1, 0.15) is 11.4 Å². The molecular formula is C26H27N3O. The lowest BCUT2D eigenvalue weighted by Gasteiger charge is -2.19. The first-order chi connectivity index (χ1) is 14.5. The van der Waals surface area contributed by atoms with E-state index in [1.165, 1.54) is 16.7 Å². The van der Waals surface area contributed by atoms with E-state index in [4.69, 9.17) is 0 Å². The molecular weight excluding hydrogens is 370 g/mol. The van der Waals surface area contributed by atoms with E-state index in [1.807, 2.05) is 18.2 Å². The Labute approximate surface area is 177 Å². The van der Waals surface area contributed by atoms with E-state index in [0.29, 0.717) is 23.1 Å². The number of benzene rings is 3. The zero-order chi connectivity index (χ0) is 21.3. The van der Waals surface area contributed by atoms with Gasteiger partial charge in [-0.25, -0.2) is 0 Å². The lowest BCUT2D eigenvalue weighted by molar-refractivity contribution is 0.479. The van der Waals surface area contributed by atoms with Crippen molar-refractivity contribution in [2.45, 2.75) is 39.5 Å². The van der Waals surface area contributed by atoms with Gasteiger partial charge in [-0.1, -0.05) is 76.2 Å². The van der Waals surface area contributed by atoms with Crippen molar-refractivity contribution in [2.75, 3.05) is 0 Å². The van der Waals surface area contributed by atoms with Gasteiger partial charge in [0.05, 0.1) is 6.20 Å². The van der Waals surface area contributed by atoms with Gasteiger partial charge in [0.25, 0.3) is 0 Å². The quantitative estimate of drug-likeness (QED) is 0.391. The van der Waals surface area contributed by atoms with E-state index in [2.05, 4.69) is 85.6 Å². The Morgan fingerprint density at radius 1 is 0.733 bits per heavy atom. The molecule has 4 nitrogen and oxygen atoms in total. The molecule has 0 aliphatic carbocycles. The minimum Gasteiger partial charge on any atom is -0.507 e. The SMILES string of the molecule is CC(C)c1ccccc1-c1cc(-c2cn[nH]n2)c(O)c(-c2ccccc2C(C)C)c1. The van der Waals surface area contributed by atoms with Crippen molar-refractivity contribution in [1.82, 2.24) is 15.4 Å². The molecule has 30 heavy (non-hydrogen) atoms. The number of rotatable bonds is 5. The number of nitrogens with one attached hydrogen (secondary N) is 1. The fraction of sp³-hybridized carbons (Fsp3) is 0.231. The van der Waals surface area contributed by atoms with Crippen LogP contribution < -0.4 is 0 Å². The highest BCUT2D eigenvalue weighted by Gasteiger charge is 2.20. The average Bonchev–Trinajstić information content (AvgIpc) is 3.28. The minimum atomic E-state index is 0.225. The zero-order valence-electron chi connectivity index (χ0n) is 17.8. The molecule has 1 heterocycles. The van der Waals surface area contributed by atoms with Crippen molar-refractivity contribution in [1.29, 1.82) is 0 Å². The van der Waals surface area contributed by atoms with Crippen LogP contribution in [0.2, 0.25) is 0 Å². The van der Waals surface area contributed by atoms with Crippen LogP contribution in [0.5, 0.6) is 5.75 Å². The maximum atomic E-state index is 11.3. The van der Waals surface area contributed by atoms with Crippen LogP contribution in [0.3, 0.4) is 0 Å². The number of H-pyrrole nitrogens is 1. The second-order valence-corrected chi connectivity index (χ2v) is 8.26. The molecule has 152 valence electrons. The third-order valence-electron chi connectivity index (χ3n) is 5.57. The molecule has 4 rings (SSSR count). The van der Waals surface area contributed by atoms with E-state index in [1.54, 1.807) is 6.20 Å². The molecule has 0 atom stereocenters. The highest BCUT2D eigenvalue weighted by atomic mass is 16.3.